The summed E-state index contributed by atoms with van der Waals surface area (Å²) in [6.07, 6.45) is 12.1. The summed E-state index contributed by atoms with van der Waals surface area (Å²) in [5.41, 5.74) is 0.299. The molecule has 0 amide bonds. The van der Waals surface area contributed by atoms with E-state index in [0.29, 0.717) is 0 Å². The van der Waals surface area contributed by atoms with Gasteiger partial charge in [-0.1, -0.05) is 36.8 Å². The summed E-state index contributed by atoms with van der Waals surface area (Å²) < 4.78 is 0. The van der Waals surface area contributed by atoms with E-state index in [4.69, 9.17) is 0 Å². The predicted molar refractivity (Wildman–Crippen MR) is 61.6 cm³/mol. The van der Waals surface area contributed by atoms with Crippen molar-refractivity contribution in [3.8, 4) is 0 Å². The molecular formula is C13H18O2. The topological polar surface area (TPSA) is 37.3 Å². The van der Waals surface area contributed by atoms with E-state index < -0.39 is 11.4 Å². The van der Waals surface area contributed by atoms with Crippen LogP contribution in [0.25, 0.3) is 0 Å². The Labute approximate surface area is 91.0 Å². The van der Waals surface area contributed by atoms with Gasteiger partial charge in [-0.15, -0.1) is 0 Å². The van der Waals surface area contributed by atoms with Gasteiger partial charge in [0.15, 0.2) is 0 Å². The lowest BCUT2D eigenvalue weighted by atomic mass is 9.64. The monoisotopic (exact) mass is 206 g/mol. The Morgan fingerprint density at radius 2 is 1.93 bits per heavy atom. The quantitative estimate of drug-likeness (QED) is 0.716. The van der Waals surface area contributed by atoms with Crippen LogP contribution in [-0.2, 0) is 4.79 Å². The first kappa shape index (κ1) is 11.8. The Morgan fingerprint density at radius 3 is 2.27 bits per heavy atom. The van der Waals surface area contributed by atoms with Gasteiger partial charge in [-0.05, 0) is 32.3 Å². The lowest BCUT2D eigenvalue weighted by Crippen LogP contribution is -2.39. The fourth-order valence-electron chi connectivity index (χ4n) is 1.91. The molecule has 0 heterocycles. The van der Waals surface area contributed by atoms with Gasteiger partial charge in [0.05, 0.1) is 5.41 Å². The first-order chi connectivity index (χ1) is 7.17. The summed E-state index contributed by atoms with van der Waals surface area (Å²) in [6, 6.07) is 0. The first-order valence-electron chi connectivity index (χ1n) is 5.37. The van der Waals surface area contributed by atoms with Crippen LogP contribution in [0.2, 0.25) is 0 Å². The Balaban J connectivity index is 3.01. The van der Waals surface area contributed by atoms with Crippen LogP contribution in [0.3, 0.4) is 0 Å². The van der Waals surface area contributed by atoms with Crippen LogP contribution in [0, 0.1) is 5.41 Å². The summed E-state index contributed by atoms with van der Waals surface area (Å²) in [6.45, 7) is 3.84. The molecule has 0 saturated heterocycles. The third-order valence-electron chi connectivity index (χ3n) is 2.98. The van der Waals surface area contributed by atoms with E-state index in [-0.39, 0.29) is 0 Å². The number of rotatable bonds is 4. The van der Waals surface area contributed by atoms with Crippen molar-refractivity contribution in [3.63, 3.8) is 0 Å². The van der Waals surface area contributed by atoms with Gasteiger partial charge >= 0.3 is 5.97 Å². The molecule has 2 nitrogen and oxygen atoms in total. The predicted octanol–water partition coefficient (Wildman–Crippen LogP) is 3.32. The maximum atomic E-state index is 11.3. The van der Waals surface area contributed by atoms with Crippen LogP contribution in [-0.4, -0.2) is 11.1 Å². The number of aliphatic carboxylic acids is 1. The zero-order chi connectivity index (χ0) is 11.3. The van der Waals surface area contributed by atoms with E-state index in [0.717, 1.165) is 24.8 Å². The molecule has 0 aromatic carbocycles. The van der Waals surface area contributed by atoms with Crippen molar-refractivity contribution in [1.29, 1.82) is 0 Å². The summed E-state index contributed by atoms with van der Waals surface area (Å²) in [4.78, 5) is 11.3. The van der Waals surface area contributed by atoms with Gasteiger partial charge in [0.1, 0.15) is 0 Å². The molecule has 0 aliphatic heterocycles. The molecule has 1 rings (SSSR count). The molecule has 1 aliphatic carbocycles. The minimum Gasteiger partial charge on any atom is -0.481 e. The second-order valence-corrected chi connectivity index (χ2v) is 3.89. The molecule has 0 atom stereocenters. The van der Waals surface area contributed by atoms with Crippen LogP contribution in [0.5, 0.6) is 0 Å². The maximum absolute atomic E-state index is 11.3. The van der Waals surface area contributed by atoms with E-state index in [9.17, 15) is 9.90 Å². The van der Waals surface area contributed by atoms with Crippen molar-refractivity contribution in [2.75, 3.05) is 0 Å². The van der Waals surface area contributed by atoms with Gasteiger partial charge in [0, 0.05) is 0 Å². The van der Waals surface area contributed by atoms with Crippen molar-refractivity contribution in [3.05, 3.63) is 36.0 Å². The van der Waals surface area contributed by atoms with Gasteiger partial charge in [0.2, 0.25) is 0 Å². The van der Waals surface area contributed by atoms with Gasteiger partial charge in [0.25, 0.3) is 0 Å². The molecule has 0 bridgehead atoms. The van der Waals surface area contributed by atoms with Crippen molar-refractivity contribution in [2.45, 2.75) is 33.1 Å². The van der Waals surface area contributed by atoms with E-state index in [1.165, 1.54) is 0 Å². The van der Waals surface area contributed by atoms with Gasteiger partial charge in [-0.2, -0.15) is 0 Å². The van der Waals surface area contributed by atoms with Crippen molar-refractivity contribution >= 4 is 5.97 Å². The third-order valence-corrected chi connectivity index (χ3v) is 2.98. The fourth-order valence-corrected chi connectivity index (χ4v) is 1.91. The van der Waals surface area contributed by atoms with Crippen LogP contribution in [0.1, 0.15) is 33.1 Å². The zero-order valence-corrected chi connectivity index (χ0v) is 9.36. The highest BCUT2D eigenvalue weighted by Gasteiger charge is 2.46. The minimum atomic E-state index is -0.692. The van der Waals surface area contributed by atoms with E-state index in [1.807, 2.05) is 44.2 Å². The summed E-state index contributed by atoms with van der Waals surface area (Å²) >= 11 is 0. The normalized spacial score (nSPS) is 20.8. The highest BCUT2D eigenvalue weighted by Crippen LogP contribution is 2.47. The molecule has 1 aliphatic rings. The smallest absolute Gasteiger partial charge is 0.314 e. The summed E-state index contributed by atoms with van der Waals surface area (Å²) in [7, 11) is 0. The first-order valence-corrected chi connectivity index (χ1v) is 5.37. The largest absolute Gasteiger partial charge is 0.481 e. The number of hydrogen-bond acceptors (Lipinski definition) is 1. The number of allylic oxidation sites excluding steroid dienone is 5. The number of carboxylic acid groups (broad SMARTS) is 1. The lowest BCUT2D eigenvalue weighted by molar-refractivity contribution is -0.150. The average molecular weight is 206 g/mol. The van der Waals surface area contributed by atoms with Crippen LogP contribution >= 0.6 is 0 Å². The molecule has 82 valence electrons. The molecule has 1 fully saturated rings. The molecule has 0 aromatic rings. The Kier molecular flexibility index (Phi) is 3.89. The van der Waals surface area contributed by atoms with Gasteiger partial charge in [-0.25, -0.2) is 0 Å². The average Bonchev–Trinajstić information content (AvgIpc) is 2.11. The number of carbonyl (C=O) groups is 1. The Morgan fingerprint density at radius 1 is 1.27 bits per heavy atom. The van der Waals surface area contributed by atoms with Crippen LogP contribution in [0.4, 0.5) is 0 Å². The summed E-state index contributed by atoms with van der Waals surface area (Å²) in [5, 5.41) is 9.28. The highest BCUT2D eigenvalue weighted by atomic mass is 16.4. The molecule has 0 aromatic heterocycles. The van der Waals surface area contributed by atoms with E-state index >= 15 is 0 Å². The minimum absolute atomic E-state index is 0.619. The number of carboxylic acids is 1. The molecule has 0 spiro atoms. The summed E-state index contributed by atoms with van der Waals surface area (Å²) in [5.74, 6) is -0.692. The van der Waals surface area contributed by atoms with Crippen LogP contribution in [0.15, 0.2) is 36.0 Å². The molecule has 1 saturated carbocycles. The molecule has 0 unspecified atom stereocenters. The standard InChI is InChI=1S/C13H18O2/c1-3-5-8-11(7-4-2)13(12(14)15)9-6-10-13/h3-5,7-8H,6,9-10H2,1-2H3,(H,14,15)/b5-3-,7-4-,11-8+. The maximum Gasteiger partial charge on any atom is 0.314 e. The zero-order valence-electron chi connectivity index (χ0n) is 9.36. The second kappa shape index (κ2) is 4.96. The Bertz CT molecular complexity index is 317. The second-order valence-electron chi connectivity index (χ2n) is 3.89. The van der Waals surface area contributed by atoms with E-state index in [1.54, 1.807) is 0 Å². The van der Waals surface area contributed by atoms with Crippen molar-refractivity contribution in [2.24, 2.45) is 5.41 Å². The SMILES string of the molecule is C\C=C/C=C(\C=C/C)C1(C(=O)O)CCC1. The van der Waals surface area contributed by atoms with Gasteiger partial charge < -0.3 is 5.11 Å². The molecule has 1 N–H and O–H groups in total. The molecule has 2 heteroatoms. The fraction of sp³-hybridized carbons (Fsp3) is 0.462. The van der Waals surface area contributed by atoms with E-state index in [2.05, 4.69) is 0 Å². The highest BCUT2D eigenvalue weighted by molar-refractivity contribution is 5.81. The van der Waals surface area contributed by atoms with Crippen molar-refractivity contribution in [1.82, 2.24) is 0 Å². The molecule has 15 heavy (non-hydrogen) atoms. The number of hydrogen-bond donors (Lipinski definition) is 1. The molecular weight excluding hydrogens is 188 g/mol. The Hall–Kier alpha value is -1.31. The van der Waals surface area contributed by atoms with Crippen LogP contribution < -0.4 is 0 Å². The molecule has 0 radical (unpaired) electrons. The van der Waals surface area contributed by atoms with Crippen molar-refractivity contribution < 1.29 is 9.90 Å². The lowest BCUT2D eigenvalue weighted by Gasteiger charge is -2.38. The third kappa shape index (κ3) is 2.20. The van der Waals surface area contributed by atoms with Gasteiger partial charge in [-0.3, -0.25) is 4.79 Å².